The Morgan fingerprint density at radius 2 is 2.18 bits per heavy atom. The normalized spacial score (nSPS) is 22.1. The molecule has 3 heterocycles. The number of morpholine rings is 1. The Labute approximate surface area is 129 Å². The Hall–Kier alpha value is -2.15. The molecule has 2 aliphatic rings. The van der Waals surface area contributed by atoms with Crippen molar-refractivity contribution in [3.63, 3.8) is 0 Å². The second-order valence-electron chi connectivity index (χ2n) is 5.53. The van der Waals surface area contributed by atoms with Crippen molar-refractivity contribution in [3.05, 3.63) is 18.3 Å². The van der Waals surface area contributed by atoms with E-state index in [0.29, 0.717) is 38.3 Å². The summed E-state index contributed by atoms with van der Waals surface area (Å²) < 4.78 is 5.32. The maximum atomic E-state index is 12.1. The second-order valence-corrected chi connectivity index (χ2v) is 5.53. The van der Waals surface area contributed by atoms with Gasteiger partial charge in [0.1, 0.15) is 5.82 Å². The number of aromatic nitrogens is 1. The Morgan fingerprint density at radius 3 is 2.82 bits per heavy atom. The van der Waals surface area contributed by atoms with Gasteiger partial charge in [-0.05, 0) is 18.6 Å². The van der Waals surface area contributed by atoms with Crippen LogP contribution in [0.25, 0.3) is 0 Å². The van der Waals surface area contributed by atoms with Crippen molar-refractivity contribution >= 4 is 23.3 Å². The summed E-state index contributed by atoms with van der Waals surface area (Å²) in [5, 5.41) is 5.58. The van der Waals surface area contributed by atoms with E-state index in [1.807, 2.05) is 12.1 Å². The summed E-state index contributed by atoms with van der Waals surface area (Å²) >= 11 is 0. The van der Waals surface area contributed by atoms with Crippen LogP contribution in [0.1, 0.15) is 12.8 Å². The van der Waals surface area contributed by atoms with E-state index >= 15 is 0 Å². The highest BCUT2D eigenvalue weighted by molar-refractivity contribution is 5.94. The molecule has 1 aromatic rings. The molecule has 2 fully saturated rings. The molecule has 7 heteroatoms. The van der Waals surface area contributed by atoms with Crippen molar-refractivity contribution < 1.29 is 14.3 Å². The first-order valence-electron chi connectivity index (χ1n) is 7.59. The third-order valence-corrected chi connectivity index (χ3v) is 3.99. The first-order chi connectivity index (χ1) is 10.7. The molecule has 1 aromatic heterocycles. The highest BCUT2D eigenvalue weighted by atomic mass is 16.5. The number of piperidine rings is 1. The molecule has 118 valence electrons. The zero-order valence-electron chi connectivity index (χ0n) is 12.4. The monoisotopic (exact) mass is 304 g/mol. The summed E-state index contributed by atoms with van der Waals surface area (Å²) in [7, 11) is 0. The molecule has 0 aromatic carbocycles. The molecule has 3 rings (SSSR count). The number of pyridine rings is 1. The molecule has 1 atom stereocenters. The van der Waals surface area contributed by atoms with Crippen LogP contribution >= 0.6 is 0 Å². The number of nitrogens with zero attached hydrogens (tertiary/aromatic N) is 2. The fraction of sp³-hybridized carbons (Fsp3) is 0.533. The number of amides is 2. The maximum Gasteiger partial charge on any atom is 0.229 e. The Bertz CT molecular complexity index is 530. The van der Waals surface area contributed by atoms with Gasteiger partial charge in [0, 0.05) is 26.1 Å². The zero-order valence-corrected chi connectivity index (χ0v) is 12.4. The number of carbonyl (C=O) groups is 2. The molecule has 0 saturated carbocycles. The van der Waals surface area contributed by atoms with Crippen molar-refractivity contribution in [2.45, 2.75) is 12.8 Å². The molecular formula is C15H20N4O3. The van der Waals surface area contributed by atoms with Crippen molar-refractivity contribution in [2.24, 2.45) is 5.92 Å². The summed E-state index contributed by atoms with van der Waals surface area (Å²) in [6, 6.07) is 3.76. The van der Waals surface area contributed by atoms with E-state index in [0.717, 1.165) is 18.9 Å². The molecule has 22 heavy (non-hydrogen) atoms. The smallest absolute Gasteiger partial charge is 0.229 e. The van der Waals surface area contributed by atoms with E-state index in [2.05, 4.69) is 20.5 Å². The van der Waals surface area contributed by atoms with Gasteiger partial charge in [-0.2, -0.15) is 0 Å². The van der Waals surface area contributed by atoms with Gasteiger partial charge < -0.3 is 20.3 Å². The van der Waals surface area contributed by atoms with Crippen LogP contribution in [0.15, 0.2) is 18.3 Å². The standard InChI is InChI=1S/C15H20N4O3/c20-14-4-1-11(9-17-14)15(21)18-12-2-3-13(16-10-12)19-5-7-22-8-6-19/h2-3,10-11H,1,4-9H2,(H,17,20)(H,18,21)/t11-/m0/s1. The first kappa shape index (κ1) is 14.8. The number of rotatable bonds is 3. The van der Waals surface area contributed by atoms with Crippen LogP contribution in [0, 0.1) is 5.92 Å². The maximum absolute atomic E-state index is 12.1. The summed E-state index contributed by atoms with van der Waals surface area (Å²) in [6.07, 6.45) is 2.67. The lowest BCUT2D eigenvalue weighted by Crippen LogP contribution is -2.40. The largest absolute Gasteiger partial charge is 0.378 e. The van der Waals surface area contributed by atoms with E-state index < -0.39 is 0 Å². The second kappa shape index (κ2) is 6.74. The Balaban J connectivity index is 1.56. The number of nitrogens with one attached hydrogen (secondary N) is 2. The molecule has 7 nitrogen and oxygen atoms in total. The first-order valence-corrected chi connectivity index (χ1v) is 7.59. The van der Waals surface area contributed by atoms with Crippen molar-refractivity contribution in [3.8, 4) is 0 Å². The van der Waals surface area contributed by atoms with Gasteiger partial charge >= 0.3 is 0 Å². The van der Waals surface area contributed by atoms with Gasteiger partial charge in [-0.25, -0.2) is 4.98 Å². The average molecular weight is 304 g/mol. The van der Waals surface area contributed by atoms with E-state index in [4.69, 9.17) is 4.74 Å². The molecule has 0 aliphatic carbocycles. The van der Waals surface area contributed by atoms with Gasteiger partial charge in [-0.3, -0.25) is 9.59 Å². The Morgan fingerprint density at radius 1 is 1.36 bits per heavy atom. The molecule has 0 radical (unpaired) electrons. The van der Waals surface area contributed by atoms with Crippen LogP contribution in [-0.2, 0) is 14.3 Å². The molecule has 2 aliphatic heterocycles. The van der Waals surface area contributed by atoms with E-state index in [1.54, 1.807) is 6.20 Å². The molecule has 2 N–H and O–H groups in total. The van der Waals surface area contributed by atoms with Crippen LogP contribution in [-0.4, -0.2) is 49.6 Å². The minimum atomic E-state index is -0.170. The number of anilines is 2. The van der Waals surface area contributed by atoms with Gasteiger partial charge in [0.25, 0.3) is 0 Å². The van der Waals surface area contributed by atoms with Crippen molar-refractivity contribution in [1.82, 2.24) is 10.3 Å². The summed E-state index contributed by atoms with van der Waals surface area (Å²) in [6.45, 7) is 3.51. The lowest BCUT2D eigenvalue weighted by Gasteiger charge is -2.27. The molecule has 0 bridgehead atoms. The van der Waals surface area contributed by atoms with Crippen molar-refractivity contribution in [2.75, 3.05) is 43.1 Å². The van der Waals surface area contributed by atoms with Gasteiger partial charge in [0.05, 0.1) is 31.0 Å². The highest BCUT2D eigenvalue weighted by Crippen LogP contribution is 2.17. The van der Waals surface area contributed by atoms with Gasteiger partial charge in [-0.1, -0.05) is 0 Å². The fourth-order valence-corrected chi connectivity index (χ4v) is 2.64. The third kappa shape index (κ3) is 3.54. The van der Waals surface area contributed by atoms with E-state index in [1.165, 1.54) is 0 Å². The summed E-state index contributed by atoms with van der Waals surface area (Å²) in [4.78, 5) is 29.8. The molecule has 2 saturated heterocycles. The van der Waals surface area contributed by atoms with Crippen LogP contribution in [0.2, 0.25) is 0 Å². The predicted molar refractivity (Wildman–Crippen MR) is 81.6 cm³/mol. The average Bonchev–Trinajstić information content (AvgIpc) is 2.57. The third-order valence-electron chi connectivity index (χ3n) is 3.99. The van der Waals surface area contributed by atoms with Crippen LogP contribution < -0.4 is 15.5 Å². The van der Waals surface area contributed by atoms with Crippen LogP contribution in [0.3, 0.4) is 0 Å². The molecule has 2 amide bonds. The molecule has 0 spiro atoms. The number of ether oxygens (including phenoxy) is 1. The highest BCUT2D eigenvalue weighted by Gasteiger charge is 2.24. The number of hydrogen-bond acceptors (Lipinski definition) is 5. The molecular weight excluding hydrogens is 284 g/mol. The zero-order chi connectivity index (χ0) is 15.4. The predicted octanol–water partition coefficient (Wildman–Crippen LogP) is 0.383. The van der Waals surface area contributed by atoms with E-state index in [9.17, 15) is 9.59 Å². The quantitative estimate of drug-likeness (QED) is 0.843. The number of carbonyl (C=O) groups excluding carboxylic acids is 2. The fourth-order valence-electron chi connectivity index (χ4n) is 2.64. The van der Waals surface area contributed by atoms with Gasteiger partial charge in [0.2, 0.25) is 11.8 Å². The summed E-state index contributed by atoms with van der Waals surface area (Å²) in [5.74, 6) is 0.671. The Kier molecular flexibility index (Phi) is 4.53. The summed E-state index contributed by atoms with van der Waals surface area (Å²) in [5.41, 5.74) is 0.680. The SMILES string of the molecule is O=C1CC[C@H](C(=O)Nc2ccc(N3CCOCC3)nc2)CN1. The minimum Gasteiger partial charge on any atom is -0.378 e. The van der Waals surface area contributed by atoms with Crippen molar-refractivity contribution in [1.29, 1.82) is 0 Å². The molecule has 0 unspecified atom stereocenters. The van der Waals surface area contributed by atoms with Gasteiger partial charge in [0.15, 0.2) is 0 Å². The van der Waals surface area contributed by atoms with Crippen LogP contribution in [0.5, 0.6) is 0 Å². The van der Waals surface area contributed by atoms with E-state index in [-0.39, 0.29) is 17.7 Å². The van der Waals surface area contributed by atoms with Crippen LogP contribution in [0.4, 0.5) is 11.5 Å². The number of hydrogen-bond donors (Lipinski definition) is 2. The topological polar surface area (TPSA) is 83.6 Å². The minimum absolute atomic E-state index is 0.0144. The van der Waals surface area contributed by atoms with Gasteiger partial charge in [-0.15, -0.1) is 0 Å². The lowest BCUT2D eigenvalue weighted by molar-refractivity contribution is -0.126. The lowest BCUT2D eigenvalue weighted by atomic mass is 9.98.